The lowest BCUT2D eigenvalue weighted by atomic mass is 10.1. The molecule has 0 saturated heterocycles. The van der Waals surface area contributed by atoms with E-state index >= 15 is 0 Å². The van der Waals surface area contributed by atoms with E-state index in [0.29, 0.717) is 23.6 Å². The van der Waals surface area contributed by atoms with E-state index in [4.69, 9.17) is 0 Å². The molecule has 2 aliphatic rings. The molecule has 1 atom stereocenters. The van der Waals surface area contributed by atoms with Gasteiger partial charge in [0, 0.05) is 18.2 Å². The Hall–Kier alpha value is -1.56. The lowest BCUT2D eigenvalue weighted by molar-refractivity contribution is 0.0951. The van der Waals surface area contributed by atoms with Gasteiger partial charge in [-0.2, -0.15) is 0 Å². The van der Waals surface area contributed by atoms with Gasteiger partial charge in [-0.05, 0) is 55.9 Å². The maximum Gasteiger partial charge on any atom is 0.251 e. The van der Waals surface area contributed by atoms with Crippen molar-refractivity contribution in [2.24, 2.45) is 5.92 Å². The first-order chi connectivity index (χ1) is 9.86. The van der Waals surface area contributed by atoms with Crippen molar-refractivity contribution in [2.75, 3.05) is 17.1 Å². The van der Waals surface area contributed by atoms with Gasteiger partial charge in [0.15, 0.2) is 0 Å². The van der Waals surface area contributed by atoms with Crippen molar-refractivity contribution in [3.8, 4) is 0 Å². The molecule has 3 rings (SSSR count). The van der Waals surface area contributed by atoms with Crippen LogP contribution < -0.4 is 9.62 Å². The van der Waals surface area contributed by atoms with Crippen LogP contribution in [0.2, 0.25) is 0 Å². The molecule has 0 aromatic heterocycles. The highest BCUT2D eigenvalue weighted by Gasteiger charge is 2.32. The molecule has 6 heteroatoms. The smallest absolute Gasteiger partial charge is 0.251 e. The molecule has 5 nitrogen and oxygen atoms in total. The van der Waals surface area contributed by atoms with Crippen molar-refractivity contribution >= 4 is 21.6 Å². The Balaban J connectivity index is 1.82. The number of rotatable bonds is 4. The number of anilines is 1. The number of nitrogens with zero attached hydrogens (tertiary/aromatic N) is 1. The summed E-state index contributed by atoms with van der Waals surface area (Å²) in [6.07, 6.45) is 4.26. The van der Waals surface area contributed by atoms with E-state index in [9.17, 15) is 13.2 Å². The number of hydrogen-bond donors (Lipinski definition) is 1. The number of benzene rings is 1. The van der Waals surface area contributed by atoms with Gasteiger partial charge in [0.1, 0.15) is 0 Å². The van der Waals surface area contributed by atoms with Gasteiger partial charge in [-0.1, -0.05) is 0 Å². The van der Waals surface area contributed by atoms with E-state index in [2.05, 4.69) is 5.32 Å². The van der Waals surface area contributed by atoms with E-state index in [0.717, 1.165) is 12.1 Å². The second kappa shape index (κ2) is 5.02. The SMILES string of the molecule is CC1Cc2cc(C(=O)NCC3CC3)ccc2N1S(C)(=O)=O. The molecule has 1 aromatic carbocycles. The summed E-state index contributed by atoms with van der Waals surface area (Å²) in [5.41, 5.74) is 2.23. The highest BCUT2D eigenvalue weighted by molar-refractivity contribution is 7.92. The predicted molar refractivity (Wildman–Crippen MR) is 82.0 cm³/mol. The van der Waals surface area contributed by atoms with Crippen molar-refractivity contribution in [2.45, 2.75) is 32.2 Å². The monoisotopic (exact) mass is 308 g/mol. The molecular formula is C15H20N2O3S. The molecule has 1 fully saturated rings. The Morgan fingerprint density at radius 3 is 2.71 bits per heavy atom. The van der Waals surface area contributed by atoms with Crippen LogP contribution >= 0.6 is 0 Å². The third-order valence-electron chi connectivity index (χ3n) is 4.10. The van der Waals surface area contributed by atoms with Crippen LogP contribution in [0, 0.1) is 5.92 Å². The molecular weight excluding hydrogens is 288 g/mol. The third kappa shape index (κ3) is 2.90. The standard InChI is InChI=1S/C15H20N2O3S/c1-10-7-13-8-12(15(18)16-9-11-3-4-11)5-6-14(13)17(10)21(2,19)20/h5-6,8,10-11H,3-4,7,9H2,1-2H3,(H,16,18). The fourth-order valence-electron chi connectivity index (χ4n) is 2.91. The van der Waals surface area contributed by atoms with Gasteiger partial charge in [0.2, 0.25) is 10.0 Å². The van der Waals surface area contributed by atoms with Crippen LogP contribution in [0.15, 0.2) is 18.2 Å². The summed E-state index contributed by atoms with van der Waals surface area (Å²) >= 11 is 0. The summed E-state index contributed by atoms with van der Waals surface area (Å²) in [5, 5.41) is 2.93. The van der Waals surface area contributed by atoms with Crippen molar-refractivity contribution in [1.29, 1.82) is 0 Å². The van der Waals surface area contributed by atoms with Crippen molar-refractivity contribution < 1.29 is 13.2 Å². The van der Waals surface area contributed by atoms with Crippen LogP contribution in [-0.2, 0) is 16.4 Å². The van der Waals surface area contributed by atoms with Crippen LogP contribution in [0.1, 0.15) is 35.7 Å². The van der Waals surface area contributed by atoms with Crippen LogP contribution in [0.5, 0.6) is 0 Å². The van der Waals surface area contributed by atoms with Crippen LogP contribution in [0.4, 0.5) is 5.69 Å². The van der Waals surface area contributed by atoms with Gasteiger partial charge in [0.25, 0.3) is 5.91 Å². The Labute approximate surface area is 125 Å². The van der Waals surface area contributed by atoms with Crippen LogP contribution in [0.3, 0.4) is 0 Å². The molecule has 0 spiro atoms. The first-order valence-electron chi connectivity index (χ1n) is 7.27. The largest absolute Gasteiger partial charge is 0.352 e. The maximum absolute atomic E-state index is 12.1. The summed E-state index contributed by atoms with van der Waals surface area (Å²) in [7, 11) is -3.28. The summed E-state index contributed by atoms with van der Waals surface area (Å²) in [5.74, 6) is 0.569. The number of sulfonamides is 1. The second-order valence-corrected chi connectivity index (χ2v) is 7.97. The summed E-state index contributed by atoms with van der Waals surface area (Å²) < 4.78 is 25.2. The Kier molecular flexibility index (Phi) is 3.43. The first-order valence-corrected chi connectivity index (χ1v) is 9.11. The molecule has 1 amide bonds. The molecule has 1 heterocycles. The van der Waals surface area contributed by atoms with Crippen molar-refractivity contribution in [3.05, 3.63) is 29.3 Å². The average molecular weight is 308 g/mol. The number of carbonyl (C=O) groups excluding carboxylic acids is 1. The maximum atomic E-state index is 12.1. The van der Waals surface area contributed by atoms with Crippen molar-refractivity contribution in [3.63, 3.8) is 0 Å². The molecule has 0 radical (unpaired) electrons. The molecule has 0 bridgehead atoms. The molecule has 1 unspecified atom stereocenters. The number of amides is 1. The van der Waals surface area contributed by atoms with E-state index in [-0.39, 0.29) is 11.9 Å². The third-order valence-corrected chi connectivity index (χ3v) is 5.37. The normalized spacial score (nSPS) is 21.2. The van der Waals surface area contributed by atoms with Crippen LogP contribution in [-0.4, -0.2) is 33.2 Å². The quantitative estimate of drug-likeness (QED) is 0.917. The molecule has 1 aliphatic carbocycles. The Morgan fingerprint density at radius 1 is 1.38 bits per heavy atom. The van der Waals surface area contributed by atoms with E-state index in [1.54, 1.807) is 12.1 Å². The Morgan fingerprint density at radius 2 is 2.10 bits per heavy atom. The zero-order valence-electron chi connectivity index (χ0n) is 12.3. The molecule has 1 N–H and O–H groups in total. The fourth-order valence-corrected chi connectivity index (χ4v) is 4.17. The van der Waals surface area contributed by atoms with E-state index < -0.39 is 10.0 Å². The summed E-state index contributed by atoms with van der Waals surface area (Å²) in [6, 6.07) is 5.17. The zero-order valence-corrected chi connectivity index (χ0v) is 13.1. The van der Waals surface area contributed by atoms with Crippen molar-refractivity contribution in [1.82, 2.24) is 5.32 Å². The van der Waals surface area contributed by atoms with Gasteiger partial charge in [-0.15, -0.1) is 0 Å². The van der Waals surface area contributed by atoms with Gasteiger partial charge < -0.3 is 5.32 Å². The predicted octanol–water partition coefficient (Wildman–Crippen LogP) is 1.54. The molecule has 114 valence electrons. The van der Waals surface area contributed by atoms with Gasteiger partial charge in [0.05, 0.1) is 11.9 Å². The number of hydrogen-bond acceptors (Lipinski definition) is 3. The highest BCUT2D eigenvalue weighted by Crippen LogP contribution is 2.34. The molecule has 1 aromatic rings. The highest BCUT2D eigenvalue weighted by atomic mass is 32.2. The lowest BCUT2D eigenvalue weighted by Crippen LogP contribution is -2.34. The van der Waals surface area contributed by atoms with Gasteiger partial charge in [-0.25, -0.2) is 8.42 Å². The fraction of sp³-hybridized carbons (Fsp3) is 0.533. The minimum Gasteiger partial charge on any atom is -0.352 e. The van der Waals surface area contributed by atoms with Gasteiger partial charge in [-0.3, -0.25) is 9.10 Å². The van der Waals surface area contributed by atoms with E-state index in [1.807, 2.05) is 13.0 Å². The molecule has 21 heavy (non-hydrogen) atoms. The summed E-state index contributed by atoms with van der Waals surface area (Å²) in [4.78, 5) is 12.1. The number of fused-ring (bicyclic) bond motifs is 1. The number of nitrogens with one attached hydrogen (secondary N) is 1. The molecule has 1 saturated carbocycles. The second-order valence-electron chi connectivity index (χ2n) is 6.11. The Bertz CT molecular complexity index is 680. The van der Waals surface area contributed by atoms with E-state index in [1.165, 1.54) is 23.4 Å². The van der Waals surface area contributed by atoms with Crippen LogP contribution in [0.25, 0.3) is 0 Å². The van der Waals surface area contributed by atoms with Gasteiger partial charge >= 0.3 is 0 Å². The minimum absolute atomic E-state index is 0.0739. The number of carbonyl (C=O) groups is 1. The minimum atomic E-state index is -3.28. The topological polar surface area (TPSA) is 66.5 Å². The average Bonchev–Trinajstić information content (AvgIpc) is 3.14. The molecule has 1 aliphatic heterocycles. The summed E-state index contributed by atoms with van der Waals surface area (Å²) in [6.45, 7) is 2.62. The zero-order chi connectivity index (χ0) is 15.2. The lowest BCUT2D eigenvalue weighted by Gasteiger charge is -2.21. The first kappa shape index (κ1) is 14.4.